The summed E-state index contributed by atoms with van der Waals surface area (Å²) in [4.78, 5) is 16.1. The fraction of sp³-hybridized carbons (Fsp3) is 0.0588. The summed E-state index contributed by atoms with van der Waals surface area (Å²) in [6, 6.07) is 13.4. The van der Waals surface area contributed by atoms with Gasteiger partial charge in [0, 0.05) is 5.56 Å². The Balaban J connectivity index is 1.96. The van der Waals surface area contributed by atoms with Crippen molar-refractivity contribution >= 4 is 17.9 Å². The van der Waals surface area contributed by atoms with Crippen LogP contribution >= 0.6 is 0 Å². The molecule has 0 amide bonds. The van der Waals surface area contributed by atoms with E-state index in [2.05, 4.69) is 4.99 Å². The molecular formula is C17H12FNO2. The molecule has 0 spiro atoms. The first kappa shape index (κ1) is 13.2. The Morgan fingerprint density at radius 2 is 1.81 bits per heavy atom. The predicted molar refractivity (Wildman–Crippen MR) is 78.2 cm³/mol. The summed E-state index contributed by atoms with van der Waals surface area (Å²) in [6.45, 7) is 1.92. The zero-order chi connectivity index (χ0) is 14.8. The fourth-order valence-corrected chi connectivity index (χ4v) is 2.05. The second kappa shape index (κ2) is 5.32. The van der Waals surface area contributed by atoms with Gasteiger partial charge in [-0.15, -0.1) is 0 Å². The maximum atomic E-state index is 12.9. The molecule has 21 heavy (non-hydrogen) atoms. The van der Waals surface area contributed by atoms with Gasteiger partial charge in [0.1, 0.15) is 5.82 Å². The SMILES string of the molecule is Cc1ccccc1C1=N/C(=C/c2ccc(F)cc2)C(=O)O1. The van der Waals surface area contributed by atoms with Gasteiger partial charge in [-0.25, -0.2) is 14.2 Å². The van der Waals surface area contributed by atoms with E-state index in [4.69, 9.17) is 4.74 Å². The second-order valence-electron chi connectivity index (χ2n) is 4.70. The van der Waals surface area contributed by atoms with Gasteiger partial charge in [-0.05, 0) is 42.3 Å². The molecule has 2 aromatic rings. The highest BCUT2D eigenvalue weighted by atomic mass is 19.1. The van der Waals surface area contributed by atoms with Crippen LogP contribution in [0.4, 0.5) is 4.39 Å². The number of hydrogen-bond acceptors (Lipinski definition) is 3. The van der Waals surface area contributed by atoms with E-state index >= 15 is 0 Å². The van der Waals surface area contributed by atoms with Gasteiger partial charge in [0.15, 0.2) is 5.70 Å². The highest BCUT2D eigenvalue weighted by Crippen LogP contribution is 2.20. The molecule has 0 bridgehead atoms. The highest BCUT2D eigenvalue weighted by molar-refractivity contribution is 6.13. The lowest BCUT2D eigenvalue weighted by Gasteiger charge is -2.02. The largest absolute Gasteiger partial charge is 0.402 e. The number of nitrogens with zero attached hydrogens (tertiary/aromatic N) is 1. The normalized spacial score (nSPS) is 16.0. The minimum Gasteiger partial charge on any atom is -0.402 e. The summed E-state index contributed by atoms with van der Waals surface area (Å²) in [6.07, 6.45) is 1.58. The van der Waals surface area contributed by atoms with Crippen molar-refractivity contribution in [2.75, 3.05) is 0 Å². The van der Waals surface area contributed by atoms with Crippen LogP contribution in [0.5, 0.6) is 0 Å². The van der Waals surface area contributed by atoms with Crippen LogP contribution in [-0.4, -0.2) is 11.9 Å². The number of aryl methyl sites for hydroxylation is 1. The van der Waals surface area contributed by atoms with Crippen LogP contribution in [0.3, 0.4) is 0 Å². The number of halogens is 1. The van der Waals surface area contributed by atoms with Crippen LogP contribution in [0.25, 0.3) is 6.08 Å². The molecule has 0 aliphatic carbocycles. The minimum absolute atomic E-state index is 0.208. The highest BCUT2D eigenvalue weighted by Gasteiger charge is 2.24. The maximum absolute atomic E-state index is 12.9. The van der Waals surface area contributed by atoms with Gasteiger partial charge >= 0.3 is 5.97 Å². The third-order valence-corrected chi connectivity index (χ3v) is 3.17. The smallest absolute Gasteiger partial charge is 0.363 e. The molecule has 3 rings (SSSR count). The Hall–Kier alpha value is -2.75. The van der Waals surface area contributed by atoms with Crippen LogP contribution in [0.1, 0.15) is 16.7 Å². The average molecular weight is 281 g/mol. The first-order chi connectivity index (χ1) is 10.1. The summed E-state index contributed by atoms with van der Waals surface area (Å²) < 4.78 is 18.1. The molecule has 104 valence electrons. The number of esters is 1. The fourth-order valence-electron chi connectivity index (χ4n) is 2.05. The third kappa shape index (κ3) is 2.74. The summed E-state index contributed by atoms with van der Waals surface area (Å²) in [7, 11) is 0. The van der Waals surface area contributed by atoms with E-state index in [1.165, 1.54) is 12.1 Å². The van der Waals surface area contributed by atoms with Gasteiger partial charge in [-0.2, -0.15) is 0 Å². The number of ether oxygens (including phenoxy) is 1. The van der Waals surface area contributed by atoms with Crippen molar-refractivity contribution in [1.29, 1.82) is 0 Å². The first-order valence-electron chi connectivity index (χ1n) is 6.47. The molecule has 0 radical (unpaired) electrons. The topological polar surface area (TPSA) is 38.7 Å². The van der Waals surface area contributed by atoms with Gasteiger partial charge < -0.3 is 4.74 Å². The zero-order valence-electron chi connectivity index (χ0n) is 11.3. The Bertz CT molecular complexity index is 761. The number of hydrogen-bond donors (Lipinski definition) is 0. The molecular weight excluding hydrogens is 269 g/mol. The molecule has 1 aliphatic heterocycles. The summed E-state index contributed by atoms with van der Waals surface area (Å²) in [5.41, 5.74) is 2.67. The van der Waals surface area contributed by atoms with Crippen molar-refractivity contribution in [2.24, 2.45) is 4.99 Å². The van der Waals surface area contributed by atoms with Crippen molar-refractivity contribution in [1.82, 2.24) is 0 Å². The van der Waals surface area contributed by atoms with Crippen LogP contribution < -0.4 is 0 Å². The number of carbonyl (C=O) groups excluding carboxylic acids is 1. The lowest BCUT2D eigenvalue weighted by Crippen LogP contribution is -2.06. The Labute approximate surface area is 121 Å². The van der Waals surface area contributed by atoms with Crippen molar-refractivity contribution in [2.45, 2.75) is 6.92 Å². The molecule has 4 heteroatoms. The van der Waals surface area contributed by atoms with Gasteiger partial charge in [0.05, 0.1) is 0 Å². The molecule has 0 saturated carbocycles. The van der Waals surface area contributed by atoms with Crippen LogP contribution in [0, 0.1) is 12.7 Å². The lowest BCUT2D eigenvalue weighted by atomic mass is 10.1. The number of aliphatic imine (C=N–C) groups is 1. The first-order valence-corrected chi connectivity index (χ1v) is 6.47. The van der Waals surface area contributed by atoms with E-state index in [1.54, 1.807) is 18.2 Å². The van der Waals surface area contributed by atoms with E-state index in [9.17, 15) is 9.18 Å². The molecule has 0 aromatic heterocycles. The lowest BCUT2D eigenvalue weighted by molar-refractivity contribution is -0.129. The van der Waals surface area contributed by atoms with E-state index in [1.807, 2.05) is 31.2 Å². The minimum atomic E-state index is -0.502. The third-order valence-electron chi connectivity index (χ3n) is 3.17. The Morgan fingerprint density at radius 1 is 1.10 bits per heavy atom. The van der Waals surface area contributed by atoms with E-state index in [0.717, 1.165) is 11.1 Å². The van der Waals surface area contributed by atoms with Gasteiger partial charge in [0.2, 0.25) is 5.90 Å². The van der Waals surface area contributed by atoms with Crippen LogP contribution in [0.15, 0.2) is 59.2 Å². The molecule has 0 saturated heterocycles. The Morgan fingerprint density at radius 3 is 2.52 bits per heavy atom. The van der Waals surface area contributed by atoms with Gasteiger partial charge in [-0.3, -0.25) is 0 Å². The molecule has 1 heterocycles. The van der Waals surface area contributed by atoms with Crippen molar-refractivity contribution in [3.05, 3.63) is 76.7 Å². The van der Waals surface area contributed by atoms with Gasteiger partial charge in [-0.1, -0.05) is 30.3 Å². The number of carbonyl (C=O) groups is 1. The summed E-state index contributed by atoms with van der Waals surface area (Å²) >= 11 is 0. The van der Waals surface area contributed by atoms with E-state index < -0.39 is 5.97 Å². The maximum Gasteiger partial charge on any atom is 0.363 e. The number of benzene rings is 2. The second-order valence-corrected chi connectivity index (χ2v) is 4.70. The molecule has 0 unspecified atom stereocenters. The molecule has 2 aromatic carbocycles. The van der Waals surface area contributed by atoms with Crippen LogP contribution in [0.2, 0.25) is 0 Å². The Kier molecular flexibility index (Phi) is 3.36. The summed E-state index contributed by atoms with van der Waals surface area (Å²) in [5, 5.41) is 0. The molecule has 3 nitrogen and oxygen atoms in total. The van der Waals surface area contributed by atoms with Crippen molar-refractivity contribution in [3.63, 3.8) is 0 Å². The molecule has 1 aliphatic rings. The number of rotatable bonds is 2. The predicted octanol–water partition coefficient (Wildman–Crippen LogP) is 3.48. The van der Waals surface area contributed by atoms with E-state index in [0.29, 0.717) is 11.5 Å². The molecule has 0 fully saturated rings. The van der Waals surface area contributed by atoms with Gasteiger partial charge in [0.25, 0.3) is 0 Å². The quantitative estimate of drug-likeness (QED) is 0.624. The summed E-state index contributed by atoms with van der Waals surface area (Å²) in [5.74, 6) is -0.528. The van der Waals surface area contributed by atoms with Crippen molar-refractivity contribution < 1.29 is 13.9 Å². The average Bonchev–Trinajstić information content (AvgIpc) is 2.83. The van der Waals surface area contributed by atoms with E-state index in [-0.39, 0.29) is 11.5 Å². The monoisotopic (exact) mass is 281 g/mol. The van der Waals surface area contributed by atoms with Crippen molar-refractivity contribution in [3.8, 4) is 0 Å². The number of cyclic esters (lactones) is 1. The molecule has 0 N–H and O–H groups in total. The van der Waals surface area contributed by atoms with Crippen LogP contribution in [-0.2, 0) is 9.53 Å². The zero-order valence-corrected chi connectivity index (χ0v) is 11.3. The standard InChI is InChI=1S/C17H12FNO2/c1-11-4-2-3-5-14(11)16-19-15(17(20)21-16)10-12-6-8-13(18)9-7-12/h2-10H,1H3/b15-10+. The molecule has 0 atom stereocenters.